The van der Waals surface area contributed by atoms with Gasteiger partial charge in [-0.2, -0.15) is 13.2 Å². The molecule has 10 heteroatoms. The smallest absolute Gasteiger partial charge is 0.433 e. The van der Waals surface area contributed by atoms with Gasteiger partial charge in [0.05, 0.1) is 26.9 Å². The average molecular weight is 439 g/mol. The van der Waals surface area contributed by atoms with Crippen LogP contribution in [0.25, 0.3) is 0 Å². The number of methoxy groups -OCH3 is 3. The van der Waals surface area contributed by atoms with Crippen molar-refractivity contribution in [3.8, 4) is 17.2 Å². The molecular formula is C21H24F3N3O4. The Morgan fingerprint density at radius 3 is 2.16 bits per heavy atom. The summed E-state index contributed by atoms with van der Waals surface area (Å²) in [7, 11) is 4.67. The zero-order chi connectivity index (χ0) is 22.6. The number of rotatable bonds is 6. The number of carbonyl (C=O) groups excluding carboxylic acids is 1. The lowest BCUT2D eigenvalue weighted by molar-refractivity contribution is -0.141. The van der Waals surface area contributed by atoms with Gasteiger partial charge in [0.25, 0.3) is 5.91 Å². The van der Waals surface area contributed by atoms with Crippen LogP contribution in [0.1, 0.15) is 21.6 Å². The first kappa shape index (κ1) is 22.7. The Bertz CT molecular complexity index is 911. The summed E-state index contributed by atoms with van der Waals surface area (Å²) >= 11 is 0. The molecular weight excluding hydrogens is 415 g/mol. The van der Waals surface area contributed by atoms with Crippen molar-refractivity contribution < 1.29 is 32.2 Å². The predicted molar refractivity (Wildman–Crippen MR) is 107 cm³/mol. The van der Waals surface area contributed by atoms with Crippen molar-refractivity contribution >= 4 is 5.91 Å². The molecule has 1 amide bonds. The van der Waals surface area contributed by atoms with E-state index >= 15 is 0 Å². The number of halogens is 3. The largest absolute Gasteiger partial charge is 0.493 e. The molecule has 168 valence electrons. The second-order valence-electron chi connectivity index (χ2n) is 6.99. The Balaban J connectivity index is 1.63. The van der Waals surface area contributed by atoms with Crippen LogP contribution in [0.2, 0.25) is 0 Å². The van der Waals surface area contributed by atoms with E-state index in [9.17, 15) is 18.0 Å². The van der Waals surface area contributed by atoms with Gasteiger partial charge in [-0.3, -0.25) is 14.7 Å². The average Bonchev–Trinajstić information content (AvgIpc) is 2.78. The first-order valence-corrected chi connectivity index (χ1v) is 9.61. The van der Waals surface area contributed by atoms with Gasteiger partial charge in [0.1, 0.15) is 5.69 Å². The molecule has 0 spiro atoms. The molecule has 1 aliphatic heterocycles. The van der Waals surface area contributed by atoms with Crippen molar-refractivity contribution in [3.63, 3.8) is 0 Å². The fourth-order valence-corrected chi connectivity index (χ4v) is 3.51. The summed E-state index contributed by atoms with van der Waals surface area (Å²) in [5, 5.41) is 0. The van der Waals surface area contributed by atoms with E-state index in [1.165, 1.54) is 6.07 Å². The van der Waals surface area contributed by atoms with E-state index in [0.717, 1.165) is 17.8 Å². The molecule has 1 aromatic heterocycles. The van der Waals surface area contributed by atoms with Gasteiger partial charge in [-0.25, -0.2) is 0 Å². The first-order chi connectivity index (χ1) is 14.8. The second kappa shape index (κ2) is 9.42. The molecule has 0 unspecified atom stereocenters. The van der Waals surface area contributed by atoms with E-state index < -0.39 is 11.9 Å². The minimum Gasteiger partial charge on any atom is -0.493 e. The van der Waals surface area contributed by atoms with Gasteiger partial charge in [0.2, 0.25) is 5.75 Å². The number of pyridine rings is 1. The number of amides is 1. The van der Waals surface area contributed by atoms with Crippen molar-refractivity contribution in [2.24, 2.45) is 0 Å². The molecule has 2 aromatic rings. The number of hydrogen-bond acceptors (Lipinski definition) is 6. The molecule has 7 nitrogen and oxygen atoms in total. The first-order valence-electron chi connectivity index (χ1n) is 9.61. The van der Waals surface area contributed by atoms with Gasteiger partial charge in [-0.05, 0) is 18.2 Å². The lowest BCUT2D eigenvalue weighted by Crippen LogP contribution is -2.48. The molecule has 0 aliphatic carbocycles. The topological polar surface area (TPSA) is 64.1 Å². The molecule has 1 aliphatic rings. The highest BCUT2D eigenvalue weighted by Crippen LogP contribution is 2.40. The van der Waals surface area contributed by atoms with Crippen LogP contribution in [-0.2, 0) is 12.7 Å². The van der Waals surface area contributed by atoms with Crippen molar-refractivity contribution in [2.75, 3.05) is 47.5 Å². The Hall–Kier alpha value is -3.01. The molecule has 0 bridgehead atoms. The number of piperazine rings is 1. The third-order valence-corrected chi connectivity index (χ3v) is 5.14. The Morgan fingerprint density at radius 1 is 0.968 bits per heavy atom. The Kier molecular flexibility index (Phi) is 6.89. The molecule has 3 rings (SSSR count). The molecule has 2 heterocycles. The zero-order valence-electron chi connectivity index (χ0n) is 17.5. The van der Waals surface area contributed by atoms with E-state index in [4.69, 9.17) is 14.2 Å². The highest BCUT2D eigenvalue weighted by atomic mass is 19.4. The third kappa shape index (κ3) is 5.01. The SMILES string of the molecule is COc1ccc(CN2CCN(C(=O)c3ccc(C(F)(F)F)nc3)CC2)c(OC)c1OC. The van der Waals surface area contributed by atoms with E-state index in [1.807, 2.05) is 12.1 Å². The zero-order valence-corrected chi connectivity index (χ0v) is 17.5. The predicted octanol–water partition coefficient (Wildman–Crippen LogP) is 3.08. The van der Waals surface area contributed by atoms with Crippen LogP contribution in [0.15, 0.2) is 30.5 Å². The van der Waals surface area contributed by atoms with Crippen LogP contribution in [-0.4, -0.2) is 68.2 Å². The molecule has 0 atom stereocenters. The summed E-state index contributed by atoms with van der Waals surface area (Å²) in [6, 6.07) is 5.71. The highest BCUT2D eigenvalue weighted by Gasteiger charge is 2.32. The summed E-state index contributed by atoms with van der Waals surface area (Å²) in [6.45, 7) is 2.72. The lowest BCUT2D eigenvalue weighted by Gasteiger charge is -2.35. The van der Waals surface area contributed by atoms with Gasteiger partial charge in [-0.15, -0.1) is 0 Å². The van der Waals surface area contributed by atoms with Crippen molar-refractivity contribution in [1.29, 1.82) is 0 Å². The fraction of sp³-hybridized carbons (Fsp3) is 0.429. The maximum absolute atomic E-state index is 12.7. The molecule has 1 saturated heterocycles. The number of carbonyl (C=O) groups is 1. The van der Waals surface area contributed by atoms with E-state index in [-0.39, 0.29) is 11.5 Å². The van der Waals surface area contributed by atoms with Gasteiger partial charge in [-0.1, -0.05) is 6.07 Å². The lowest BCUT2D eigenvalue weighted by atomic mass is 10.1. The quantitative estimate of drug-likeness (QED) is 0.690. The molecule has 0 saturated carbocycles. The summed E-state index contributed by atoms with van der Waals surface area (Å²) in [4.78, 5) is 19.8. The minimum atomic E-state index is -4.53. The molecule has 1 fully saturated rings. The molecule has 31 heavy (non-hydrogen) atoms. The van der Waals surface area contributed by atoms with Crippen LogP contribution < -0.4 is 14.2 Å². The Morgan fingerprint density at radius 2 is 1.65 bits per heavy atom. The number of hydrogen-bond donors (Lipinski definition) is 0. The van der Waals surface area contributed by atoms with Gasteiger partial charge < -0.3 is 19.1 Å². The van der Waals surface area contributed by atoms with Gasteiger partial charge >= 0.3 is 6.18 Å². The molecule has 0 N–H and O–H groups in total. The minimum absolute atomic E-state index is 0.142. The van der Waals surface area contributed by atoms with E-state index in [0.29, 0.717) is 50.0 Å². The van der Waals surface area contributed by atoms with Crippen LogP contribution in [0.3, 0.4) is 0 Å². The number of benzene rings is 1. The maximum Gasteiger partial charge on any atom is 0.433 e. The van der Waals surface area contributed by atoms with Crippen molar-refractivity contribution in [3.05, 3.63) is 47.3 Å². The normalized spacial score (nSPS) is 15.0. The van der Waals surface area contributed by atoms with Crippen LogP contribution in [0, 0.1) is 0 Å². The van der Waals surface area contributed by atoms with E-state index in [2.05, 4.69) is 9.88 Å². The van der Waals surface area contributed by atoms with Crippen LogP contribution in [0.5, 0.6) is 17.2 Å². The summed E-state index contributed by atoms with van der Waals surface area (Å²) < 4.78 is 54.2. The number of aromatic nitrogens is 1. The molecule has 0 radical (unpaired) electrons. The summed E-state index contributed by atoms with van der Waals surface area (Å²) in [5.74, 6) is 1.36. The number of ether oxygens (including phenoxy) is 3. The monoisotopic (exact) mass is 439 g/mol. The summed E-state index contributed by atoms with van der Waals surface area (Å²) in [5.41, 5.74) is 0.0487. The fourth-order valence-electron chi connectivity index (χ4n) is 3.51. The van der Waals surface area contributed by atoms with E-state index in [1.54, 1.807) is 26.2 Å². The number of nitrogens with zero attached hydrogens (tertiary/aromatic N) is 3. The highest BCUT2D eigenvalue weighted by molar-refractivity contribution is 5.94. The van der Waals surface area contributed by atoms with Crippen molar-refractivity contribution in [1.82, 2.24) is 14.8 Å². The third-order valence-electron chi connectivity index (χ3n) is 5.14. The van der Waals surface area contributed by atoms with Crippen LogP contribution >= 0.6 is 0 Å². The summed E-state index contributed by atoms with van der Waals surface area (Å²) in [6.07, 6.45) is -3.55. The standard InChI is InChI=1S/C21H24F3N3O4/c1-29-16-6-4-15(18(30-2)19(16)31-3)13-26-8-10-27(11-9-26)20(28)14-5-7-17(25-12-14)21(22,23)24/h4-7,12H,8-11,13H2,1-3H3. The number of alkyl halides is 3. The van der Waals surface area contributed by atoms with Gasteiger partial charge in [0, 0.05) is 44.5 Å². The second-order valence-corrected chi connectivity index (χ2v) is 6.99. The van der Waals surface area contributed by atoms with Crippen molar-refractivity contribution in [2.45, 2.75) is 12.7 Å². The van der Waals surface area contributed by atoms with Gasteiger partial charge in [0.15, 0.2) is 11.5 Å². The van der Waals surface area contributed by atoms with Crippen LogP contribution in [0.4, 0.5) is 13.2 Å². The molecule has 1 aromatic carbocycles. The Labute approximate surface area is 178 Å². The maximum atomic E-state index is 12.7.